The first-order chi connectivity index (χ1) is 8.61. The van der Waals surface area contributed by atoms with Gasteiger partial charge in [-0.1, -0.05) is 25.1 Å². The van der Waals surface area contributed by atoms with Gasteiger partial charge in [0.05, 0.1) is 0 Å². The molecule has 2 heteroatoms. The summed E-state index contributed by atoms with van der Waals surface area (Å²) in [5, 5.41) is 0. The molecule has 0 saturated heterocycles. The van der Waals surface area contributed by atoms with E-state index in [4.69, 9.17) is 5.73 Å². The van der Waals surface area contributed by atoms with Gasteiger partial charge in [-0.3, -0.25) is 4.98 Å². The van der Waals surface area contributed by atoms with Crippen LogP contribution in [-0.2, 0) is 0 Å². The highest BCUT2D eigenvalue weighted by Crippen LogP contribution is 2.31. The minimum absolute atomic E-state index is 0.0219. The zero-order valence-corrected chi connectivity index (χ0v) is 11.2. The number of nitrogens with two attached hydrogens (primary N) is 1. The lowest BCUT2D eigenvalue weighted by molar-refractivity contribution is 0.591. The van der Waals surface area contributed by atoms with Crippen molar-refractivity contribution < 1.29 is 0 Å². The predicted molar refractivity (Wildman–Crippen MR) is 75.5 cm³/mol. The van der Waals surface area contributed by atoms with Crippen LogP contribution in [0.25, 0.3) is 0 Å². The first-order valence-corrected chi connectivity index (χ1v) is 6.33. The molecule has 2 aromatic rings. The van der Waals surface area contributed by atoms with E-state index >= 15 is 0 Å². The maximum absolute atomic E-state index is 6.45. The fourth-order valence-electron chi connectivity index (χ4n) is 2.48. The normalized spacial score (nSPS) is 14.2. The van der Waals surface area contributed by atoms with E-state index in [1.165, 1.54) is 22.3 Å². The molecule has 2 N–H and O–H groups in total. The van der Waals surface area contributed by atoms with Crippen LogP contribution in [0.2, 0.25) is 0 Å². The Kier molecular flexibility index (Phi) is 3.78. The van der Waals surface area contributed by atoms with E-state index in [1.807, 2.05) is 24.5 Å². The highest BCUT2D eigenvalue weighted by Gasteiger charge is 2.19. The van der Waals surface area contributed by atoms with Crippen molar-refractivity contribution in [1.29, 1.82) is 0 Å². The van der Waals surface area contributed by atoms with Crippen molar-refractivity contribution in [3.05, 3.63) is 65.0 Å². The Bertz CT molecular complexity index is 500. The number of benzene rings is 1. The van der Waals surface area contributed by atoms with Crippen molar-refractivity contribution in [3.63, 3.8) is 0 Å². The van der Waals surface area contributed by atoms with Crippen LogP contribution >= 0.6 is 0 Å². The van der Waals surface area contributed by atoms with Crippen LogP contribution in [0, 0.1) is 13.8 Å². The highest BCUT2D eigenvalue weighted by molar-refractivity contribution is 5.38. The maximum atomic E-state index is 6.45. The molecular weight excluding hydrogens is 220 g/mol. The van der Waals surface area contributed by atoms with Crippen molar-refractivity contribution in [2.75, 3.05) is 0 Å². The minimum Gasteiger partial charge on any atom is -0.323 e. The second-order valence-corrected chi connectivity index (χ2v) is 4.90. The van der Waals surface area contributed by atoms with Gasteiger partial charge in [0.25, 0.3) is 0 Å². The minimum atomic E-state index is 0.0219. The van der Waals surface area contributed by atoms with E-state index in [0.29, 0.717) is 0 Å². The van der Waals surface area contributed by atoms with Gasteiger partial charge in [0.1, 0.15) is 0 Å². The Labute approximate surface area is 109 Å². The molecule has 0 amide bonds. The monoisotopic (exact) mass is 240 g/mol. The molecule has 0 fully saturated rings. The average molecular weight is 240 g/mol. The summed E-state index contributed by atoms with van der Waals surface area (Å²) < 4.78 is 0. The summed E-state index contributed by atoms with van der Waals surface area (Å²) in [7, 11) is 0. The van der Waals surface area contributed by atoms with Crippen LogP contribution in [0.15, 0.2) is 42.7 Å². The van der Waals surface area contributed by atoms with E-state index in [2.05, 4.69) is 44.0 Å². The molecule has 1 aromatic heterocycles. The molecule has 0 saturated carbocycles. The number of hydrogen-bond donors (Lipinski definition) is 1. The molecule has 0 aliphatic heterocycles. The van der Waals surface area contributed by atoms with Crippen LogP contribution in [-0.4, -0.2) is 4.98 Å². The smallest absolute Gasteiger partial charge is 0.0367 e. The number of rotatable bonds is 3. The van der Waals surface area contributed by atoms with Gasteiger partial charge in [-0.05, 0) is 48.2 Å². The first-order valence-electron chi connectivity index (χ1n) is 6.33. The lowest BCUT2D eigenvalue weighted by Crippen LogP contribution is -2.20. The molecule has 1 heterocycles. The van der Waals surface area contributed by atoms with Crippen LogP contribution in [0.3, 0.4) is 0 Å². The van der Waals surface area contributed by atoms with E-state index in [9.17, 15) is 0 Å². The van der Waals surface area contributed by atoms with Crippen molar-refractivity contribution in [1.82, 2.24) is 4.98 Å². The number of hydrogen-bond acceptors (Lipinski definition) is 2. The third-order valence-corrected chi connectivity index (χ3v) is 3.65. The lowest BCUT2D eigenvalue weighted by Gasteiger charge is -2.24. The lowest BCUT2D eigenvalue weighted by atomic mass is 9.85. The molecule has 18 heavy (non-hydrogen) atoms. The Morgan fingerprint density at radius 3 is 2.11 bits per heavy atom. The molecule has 2 rings (SSSR count). The maximum Gasteiger partial charge on any atom is 0.0367 e. The summed E-state index contributed by atoms with van der Waals surface area (Å²) in [6.45, 7) is 6.43. The summed E-state index contributed by atoms with van der Waals surface area (Å²) in [6, 6.07) is 10.4. The second-order valence-electron chi connectivity index (χ2n) is 4.90. The van der Waals surface area contributed by atoms with Crippen LogP contribution < -0.4 is 5.73 Å². The molecule has 0 spiro atoms. The van der Waals surface area contributed by atoms with Crippen LogP contribution in [0.4, 0.5) is 0 Å². The van der Waals surface area contributed by atoms with E-state index in [0.717, 1.165) is 0 Å². The standard InChI is InChI=1S/C16H20N2/c1-11-5-4-6-12(2)15(11)16(17)13(3)14-7-9-18-10-8-14/h4-10,13,16H,17H2,1-3H3. The summed E-state index contributed by atoms with van der Waals surface area (Å²) in [4.78, 5) is 4.05. The van der Waals surface area contributed by atoms with Gasteiger partial charge in [-0.25, -0.2) is 0 Å². The number of aryl methyl sites for hydroxylation is 2. The largest absolute Gasteiger partial charge is 0.323 e. The molecule has 2 nitrogen and oxygen atoms in total. The Hall–Kier alpha value is -1.67. The fourth-order valence-corrected chi connectivity index (χ4v) is 2.48. The number of pyridine rings is 1. The summed E-state index contributed by atoms with van der Waals surface area (Å²) in [6.07, 6.45) is 3.65. The molecule has 0 aliphatic rings. The van der Waals surface area contributed by atoms with E-state index < -0.39 is 0 Å². The second kappa shape index (κ2) is 5.32. The van der Waals surface area contributed by atoms with Gasteiger partial charge in [-0.2, -0.15) is 0 Å². The molecule has 0 bridgehead atoms. The number of aromatic nitrogens is 1. The predicted octanol–water partition coefficient (Wildman–Crippen LogP) is 3.50. The summed E-state index contributed by atoms with van der Waals surface area (Å²) in [5.74, 6) is 0.285. The van der Waals surface area contributed by atoms with Crippen molar-refractivity contribution >= 4 is 0 Å². The highest BCUT2D eigenvalue weighted by atomic mass is 14.7. The van der Waals surface area contributed by atoms with Crippen molar-refractivity contribution in [2.24, 2.45) is 5.73 Å². The van der Waals surface area contributed by atoms with Gasteiger partial charge < -0.3 is 5.73 Å². The molecule has 2 atom stereocenters. The Morgan fingerprint density at radius 2 is 1.56 bits per heavy atom. The number of nitrogens with zero attached hydrogens (tertiary/aromatic N) is 1. The van der Waals surface area contributed by atoms with Crippen LogP contribution in [0.1, 0.15) is 41.1 Å². The van der Waals surface area contributed by atoms with Gasteiger partial charge in [-0.15, -0.1) is 0 Å². The SMILES string of the molecule is Cc1cccc(C)c1C(N)C(C)c1ccncc1. The Morgan fingerprint density at radius 1 is 1.00 bits per heavy atom. The molecule has 2 unspecified atom stereocenters. The van der Waals surface area contributed by atoms with E-state index in [-0.39, 0.29) is 12.0 Å². The third-order valence-electron chi connectivity index (χ3n) is 3.65. The fraction of sp³-hybridized carbons (Fsp3) is 0.312. The zero-order valence-electron chi connectivity index (χ0n) is 11.2. The first kappa shape index (κ1) is 12.8. The van der Waals surface area contributed by atoms with Gasteiger partial charge in [0, 0.05) is 24.4 Å². The topological polar surface area (TPSA) is 38.9 Å². The zero-order chi connectivity index (χ0) is 13.1. The van der Waals surface area contributed by atoms with E-state index in [1.54, 1.807) is 0 Å². The quantitative estimate of drug-likeness (QED) is 0.891. The van der Waals surface area contributed by atoms with Gasteiger partial charge >= 0.3 is 0 Å². The average Bonchev–Trinajstić information content (AvgIpc) is 2.38. The van der Waals surface area contributed by atoms with Crippen molar-refractivity contribution in [2.45, 2.75) is 32.7 Å². The van der Waals surface area contributed by atoms with Crippen LogP contribution in [0.5, 0.6) is 0 Å². The summed E-state index contributed by atoms with van der Waals surface area (Å²) in [5.41, 5.74) is 11.5. The van der Waals surface area contributed by atoms with Gasteiger partial charge in [0.15, 0.2) is 0 Å². The molecule has 0 aliphatic carbocycles. The molecule has 0 radical (unpaired) electrons. The molecule has 1 aromatic carbocycles. The summed E-state index contributed by atoms with van der Waals surface area (Å²) >= 11 is 0. The Balaban J connectivity index is 2.34. The molecular formula is C16H20N2. The van der Waals surface area contributed by atoms with Crippen molar-refractivity contribution in [3.8, 4) is 0 Å². The third kappa shape index (κ3) is 2.44. The molecule has 94 valence electrons. The van der Waals surface area contributed by atoms with Gasteiger partial charge in [0.2, 0.25) is 0 Å².